The van der Waals surface area contributed by atoms with Gasteiger partial charge >= 0.3 is 0 Å². The summed E-state index contributed by atoms with van der Waals surface area (Å²) < 4.78 is 37.6. The van der Waals surface area contributed by atoms with Crippen LogP contribution in [0.4, 0.5) is 5.69 Å². The van der Waals surface area contributed by atoms with E-state index in [2.05, 4.69) is 5.32 Å². The smallest absolute Gasteiger partial charge is 0.244 e. The molecule has 1 aliphatic heterocycles. The van der Waals surface area contributed by atoms with Gasteiger partial charge in [0.05, 0.1) is 25.1 Å². The second kappa shape index (κ2) is 8.42. The molecule has 0 radical (unpaired) electrons. The van der Waals surface area contributed by atoms with Crippen molar-refractivity contribution >= 4 is 21.6 Å². The van der Waals surface area contributed by atoms with Crippen molar-refractivity contribution in [1.82, 2.24) is 5.32 Å². The molecular weight excluding hydrogens is 416 g/mol. The number of hydrogen-bond donors (Lipinski definition) is 1. The van der Waals surface area contributed by atoms with Crippen LogP contribution in [0.2, 0.25) is 0 Å². The number of anilines is 1. The number of amides is 1. The molecule has 1 aliphatic rings. The van der Waals surface area contributed by atoms with Crippen molar-refractivity contribution in [3.05, 3.63) is 53.6 Å². The van der Waals surface area contributed by atoms with Gasteiger partial charge < -0.3 is 14.8 Å². The van der Waals surface area contributed by atoms with E-state index in [-0.39, 0.29) is 11.9 Å². The lowest BCUT2D eigenvalue weighted by atomic mass is 9.89. The molecule has 7 nitrogen and oxygen atoms in total. The Labute approximate surface area is 184 Å². The topological polar surface area (TPSA) is 84.9 Å². The minimum Gasteiger partial charge on any atom is -0.497 e. The van der Waals surface area contributed by atoms with Gasteiger partial charge in [-0.25, -0.2) is 8.42 Å². The minimum atomic E-state index is -3.68. The molecule has 0 aliphatic carbocycles. The molecule has 8 heteroatoms. The van der Waals surface area contributed by atoms with Crippen molar-refractivity contribution in [3.8, 4) is 11.5 Å². The molecule has 31 heavy (non-hydrogen) atoms. The van der Waals surface area contributed by atoms with Gasteiger partial charge in [0, 0.05) is 12.0 Å². The van der Waals surface area contributed by atoms with Gasteiger partial charge in [-0.2, -0.15) is 0 Å². The average Bonchev–Trinajstić information content (AvgIpc) is 2.67. The van der Waals surface area contributed by atoms with Crippen molar-refractivity contribution in [2.45, 2.75) is 51.8 Å². The number of carbonyl (C=O) groups is 1. The van der Waals surface area contributed by atoms with Crippen LogP contribution in [0.3, 0.4) is 0 Å². The fourth-order valence-corrected chi connectivity index (χ4v) is 5.06. The number of methoxy groups -OCH3 is 1. The lowest BCUT2D eigenvalue weighted by Crippen LogP contribution is -2.50. The fraction of sp³-hybridized carbons (Fsp3) is 0.435. The number of benzene rings is 2. The van der Waals surface area contributed by atoms with Gasteiger partial charge in [0.25, 0.3) is 0 Å². The van der Waals surface area contributed by atoms with Gasteiger partial charge in [0.15, 0.2) is 0 Å². The van der Waals surface area contributed by atoms with E-state index in [4.69, 9.17) is 9.47 Å². The molecule has 0 spiro atoms. The number of carbonyl (C=O) groups excluding carboxylic acids is 1. The van der Waals surface area contributed by atoms with E-state index in [0.717, 1.165) is 21.7 Å². The van der Waals surface area contributed by atoms with Crippen LogP contribution in [0.1, 0.15) is 44.4 Å². The Balaban J connectivity index is 1.91. The minimum absolute atomic E-state index is 0.344. The van der Waals surface area contributed by atoms with Gasteiger partial charge in [-0.15, -0.1) is 0 Å². The number of nitrogens with one attached hydrogen (secondary N) is 1. The van der Waals surface area contributed by atoms with Crippen molar-refractivity contribution in [3.63, 3.8) is 0 Å². The van der Waals surface area contributed by atoms with Crippen LogP contribution in [0, 0.1) is 6.92 Å². The van der Waals surface area contributed by atoms with E-state index in [9.17, 15) is 13.2 Å². The third kappa shape index (κ3) is 5.12. The molecule has 0 bridgehead atoms. The first-order valence-corrected chi connectivity index (χ1v) is 12.0. The van der Waals surface area contributed by atoms with Crippen LogP contribution < -0.4 is 19.1 Å². The number of aryl methyl sites for hydroxylation is 1. The van der Waals surface area contributed by atoms with Gasteiger partial charge in [-0.05, 0) is 58.0 Å². The Bertz CT molecular complexity index is 1060. The molecule has 0 saturated heterocycles. The second-order valence-corrected chi connectivity index (χ2v) is 10.5. The summed E-state index contributed by atoms with van der Waals surface area (Å²) in [4.78, 5) is 13.2. The maximum absolute atomic E-state index is 13.2. The number of nitrogens with zero attached hydrogens (tertiary/aromatic N) is 1. The molecule has 2 aromatic rings. The maximum atomic E-state index is 13.2. The Morgan fingerprint density at radius 3 is 2.45 bits per heavy atom. The highest BCUT2D eigenvalue weighted by molar-refractivity contribution is 7.92. The molecule has 0 unspecified atom stereocenters. The van der Waals surface area contributed by atoms with Crippen LogP contribution in [-0.2, 0) is 14.8 Å². The average molecular weight is 447 g/mol. The molecule has 0 fully saturated rings. The van der Waals surface area contributed by atoms with Gasteiger partial charge in [0.2, 0.25) is 15.9 Å². The summed E-state index contributed by atoms with van der Waals surface area (Å²) in [5.74, 6) is 0.947. The first-order chi connectivity index (χ1) is 14.4. The predicted molar refractivity (Wildman–Crippen MR) is 121 cm³/mol. The Kier molecular flexibility index (Phi) is 6.23. The Morgan fingerprint density at radius 1 is 1.23 bits per heavy atom. The largest absolute Gasteiger partial charge is 0.497 e. The van der Waals surface area contributed by atoms with E-state index >= 15 is 0 Å². The van der Waals surface area contributed by atoms with Gasteiger partial charge in [-0.1, -0.05) is 17.7 Å². The second-order valence-electron chi connectivity index (χ2n) is 8.60. The molecule has 1 heterocycles. The molecule has 3 rings (SSSR count). The van der Waals surface area contributed by atoms with Gasteiger partial charge in [-0.3, -0.25) is 9.10 Å². The monoisotopic (exact) mass is 446 g/mol. The molecule has 0 saturated carbocycles. The Morgan fingerprint density at radius 2 is 1.87 bits per heavy atom. The zero-order valence-electron chi connectivity index (χ0n) is 18.8. The third-order valence-corrected chi connectivity index (χ3v) is 6.61. The van der Waals surface area contributed by atoms with Crippen molar-refractivity contribution in [2.75, 3.05) is 17.7 Å². The van der Waals surface area contributed by atoms with Crippen LogP contribution >= 0.6 is 0 Å². The van der Waals surface area contributed by atoms with Crippen LogP contribution in [0.15, 0.2) is 42.5 Å². The Hall–Kier alpha value is -2.74. The quantitative estimate of drug-likeness (QED) is 0.733. The number of rotatable bonds is 6. The molecule has 0 aromatic heterocycles. The molecule has 1 amide bonds. The van der Waals surface area contributed by atoms with E-state index < -0.39 is 21.7 Å². The standard InChI is InChI=1S/C23H30N2O5S/c1-15-7-9-17(10-8-15)25(31(6,27)28)16(2)22(26)24-20-14-23(3,4)30-21-12-11-18(29-5)13-19(20)21/h7-13,16,20H,14H2,1-6H3,(H,24,26)/t16-,20-/m1/s1. The third-order valence-electron chi connectivity index (χ3n) is 5.37. The predicted octanol–water partition coefficient (Wildman–Crippen LogP) is 3.58. The van der Waals surface area contributed by atoms with E-state index in [1.165, 1.54) is 0 Å². The zero-order valence-corrected chi connectivity index (χ0v) is 19.6. The maximum Gasteiger partial charge on any atom is 0.244 e. The first kappa shape index (κ1) is 22.9. The molecule has 2 aromatic carbocycles. The summed E-state index contributed by atoms with van der Waals surface area (Å²) in [7, 11) is -2.10. The van der Waals surface area contributed by atoms with Crippen LogP contribution in [0.5, 0.6) is 11.5 Å². The zero-order chi connectivity index (χ0) is 23.0. The summed E-state index contributed by atoms with van der Waals surface area (Å²) in [6, 6.07) is 11.3. The molecule has 1 N–H and O–H groups in total. The SMILES string of the molecule is COc1ccc2c(c1)[C@H](NC(=O)[C@@H](C)N(c1ccc(C)cc1)S(C)(=O)=O)CC(C)(C)O2. The van der Waals surface area contributed by atoms with E-state index in [1.807, 2.05) is 51.1 Å². The fourth-order valence-electron chi connectivity index (χ4n) is 3.88. The summed E-state index contributed by atoms with van der Waals surface area (Å²) in [6.45, 7) is 7.42. The van der Waals surface area contributed by atoms with E-state index in [0.29, 0.717) is 23.6 Å². The summed E-state index contributed by atoms with van der Waals surface area (Å²) in [6.07, 6.45) is 1.64. The van der Waals surface area contributed by atoms with Crippen molar-refractivity contribution < 1.29 is 22.7 Å². The summed E-state index contributed by atoms with van der Waals surface area (Å²) in [5, 5.41) is 3.03. The number of fused-ring (bicyclic) bond motifs is 1. The summed E-state index contributed by atoms with van der Waals surface area (Å²) in [5.41, 5.74) is 1.77. The number of sulfonamides is 1. The molecule has 168 valence electrons. The number of hydrogen-bond acceptors (Lipinski definition) is 5. The lowest BCUT2D eigenvalue weighted by Gasteiger charge is -2.39. The van der Waals surface area contributed by atoms with Crippen LogP contribution in [0.25, 0.3) is 0 Å². The first-order valence-electron chi connectivity index (χ1n) is 10.1. The molecular formula is C23H30N2O5S. The van der Waals surface area contributed by atoms with Crippen molar-refractivity contribution in [2.24, 2.45) is 0 Å². The van der Waals surface area contributed by atoms with Crippen molar-refractivity contribution in [1.29, 1.82) is 0 Å². The van der Waals surface area contributed by atoms with E-state index in [1.54, 1.807) is 26.2 Å². The summed E-state index contributed by atoms with van der Waals surface area (Å²) >= 11 is 0. The normalized spacial score (nSPS) is 18.3. The highest BCUT2D eigenvalue weighted by atomic mass is 32.2. The van der Waals surface area contributed by atoms with Gasteiger partial charge in [0.1, 0.15) is 23.1 Å². The lowest BCUT2D eigenvalue weighted by molar-refractivity contribution is -0.123. The highest BCUT2D eigenvalue weighted by Gasteiger charge is 2.37. The van der Waals surface area contributed by atoms with Crippen LogP contribution in [-0.4, -0.2) is 39.3 Å². The molecule has 2 atom stereocenters. The number of ether oxygens (including phenoxy) is 2. The highest BCUT2D eigenvalue weighted by Crippen LogP contribution is 2.41.